The molecule has 0 aliphatic carbocycles. The minimum atomic E-state index is -0.422. The molecule has 2 aromatic carbocycles. The fraction of sp³-hybridized carbons (Fsp3) is 0.200. The van der Waals surface area contributed by atoms with Gasteiger partial charge in [0.15, 0.2) is 0 Å². The third kappa shape index (κ3) is 2.97. The van der Waals surface area contributed by atoms with Gasteiger partial charge in [-0.05, 0) is 36.4 Å². The average molecular weight is 359 g/mol. The summed E-state index contributed by atoms with van der Waals surface area (Å²) in [6, 6.07) is 10.2. The van der Waals surface area contributed by atoms with Crippen molar-refractivity contribution in [3.05, 3.63) is 62.8 Å². The van der Waals surface area contributed by atoms with Crippen molar-refractivity contribution in [3.63, 3.8) is 0 Å². The average Bonchev–Trinajstić information content (AvgIpc) is 2.45. The van der Waals surface area contributed by atoms with Crippen LogP contribution in [0.1, 0.15) is 17.2 Å². The van der Waals surface area contributed by atoms with Crippen LogP contribution < -0.4 is 10.1 Å². The molecule has 2 aromatic rings. The number of hydrogen-bond acceptors (Lipinski definition) is 2. The Kier molecular flexibility index (Phi) is 5.02. The fourth-order valence-electron chi connectivity index (χ4n) is 2.09. The second kappa shape index (κ2) is 6.57. The zero-order chi connectivity index (χ0) is 14.7. The molecule has 0 spiro atoms. The first kappa shape index (κ1) is 15.3. The smallest absolute Gasteiger partial charge is 0.142 e. The summed E-state index contributed by atoms with van der Waals surface area (Å²) in [5.41, 5.74) is 1.65. The maximum absolute atomic E-state index is 13.6. The van der Waals surface area contributed by atoms with Crippen molar-refractivity contribution in [1.82, 2.24) is 5.32 Å². The standard InChI is InChI=1S/C15H14BrClFNO/c1-19-15(11-4-3-5-13(18)14(11)17)10-7-6-9(20-2)8-12(10)16/h3-8,15,19H,1-2H3. The molecule has 20 heavy (non-hydrogen) atoms. The number of halogens is 3. The van der Waals surface area contributed by atoms with Crippen molar-refractivity contribution < 1.29 is 9.13 Å². The zero-order valence-corrected chi connectivity index (χ0v) is 13.4. The Morgan fingerprint density at radius 2 is 2.00 bits per heavy atom. The minimum Gasteiger partial charge on any atom is -0.497 e. The number of benzene rings is 2. The van der Waals surface area contributed by atoms with Crippen molar-refractivity contribution in [2.24, 2.45) is 0 Å². The van der Waals surface area contributed by atoms with Gasteiger partial charge >= 0.3 is 0 Å². The summed E-state index contributed by atoms with van der Waals surface area (Å²) in [4.78, 5) is 0. The van der Waals surface area contributed by atoms with Gasteiger partial charge in [0.25, 0.3) is 0 Å². The van der Waals surface area contributed by atoms with Crippen LogP contribution in [0.2, 0.25) is 5.02 Å². The minimum absolute atomic E-state index is 0.134. The second-order valence-electron chi connectivity index (χ2n) is 4.25. The van der Waals surface area contributed by atoms with Gasteiger partial charge in [-0.2, -0.15) is 0 Å². The molecule has 5 heteroatoms. The Balaban J connectivity index is 2.50. The van der Waals surface area contributed by atoms with E-state index >= 15 is 0 Å². The van der Waals surface area contributed by atoms with Crippen molar-refractivity contribution in [1.29, 1.82) is 0 Å². The van der Waals surface area contributed by atoms with Gasteiger partial charge in [-0.1, -0.05) is 45.7 Å². The summed E-state index contributed by atoms with van der Waals surface area (Å²) in [5.74, 6) is 0.329. The van der Waals surface area contributed by atoms with Gasteiger partial charge in [0.2, 0.25) is 0 Å². The quantitative estimate of drug-likeness (QED) is 0.865. The fourth-order valence-corrected chi connectivity index (χ4v) is 2.91. The molecule has 0 aromatic heterocycles. The van der Waals surface area contributed by atoms with Crippen molar-refractivity contribution in [2.45, 2.75) is 6.04 Å². The zero-order valence-electron chi connectivity index (χ0n) is 11.1. The number of ether oxygens (including phenoxy) is 1. The molecule has 2 nitrogen and oxygen atoms in total. The van der Waals surface area contributed by atoms with Crippen molar-refractivity contribution in [2.75, 3.05) is 14.2 Å². The first-order valence-electron chi connectivity index (χ1n) is 6.03. The van der Waals surface area contributed by atoms with E-state index < -0.39 is 5.82 Å². The molecular formula is C15H14BrClFNO. The molecule has 0 heterocycles. The van der Waals surface area contributed by atoms with Gasteiger partial charge < -0.3 is 10.1 Å². The van der Waals surface area contributed by atoms with Crippen LogP contribution in [0.15, 0.2) is 40.9 Å². The molecular weight excluding hydrogens is 345 g/mol. The molecule has 0 saturated heterocycles. The van der Waals surface area contributed by atoms with E-state index in [4.69, 9.17) is 16.3 Å². The van der Waals surface area contributed by atoms with E-state index in [1.165, 1.54) is 6.07 Å². The highest BCUT2D eigenvalue weighted by Crippen LogP contribution is 2.34. The number of nitrogens with one attached hydrogen (secondary N) is 1. The Bertz CT molecular complexity index is 621. The predicted molar refractivity (Wildman–Crippen MR) is 83.0 cm³/mol. The highest BCUT2D eigenvalue weighted by Gasteiger charge is 2.19. The van der Waals surface area contributed by atoms with Crippen LogP contribution in [0.5, 0.6) is 5.75 Å². The Morgan fingerprint density at radius 3 is 2.60 bits per heavy atom. The maximum atomic E-state index is 13.6. The first-order chi connectivity index (χ1) is 9.58. The van der Waals surface area contributed by atoms with Crippen LogP contribution in [-0.4, -0.2) is 14.2 Å². The summed E-state index contributed by atoms with van der Waals surface area (Å²) in [7, 11) is 3.42. The van der Waals surface area contributed by atoms with E-state index in [1.54, 1.807) is 13.2 Å². The Hall–Kier alpha value is -1.10. The topological polar surface area (TPSA) is 21.3 Å². The van der Waals surface area contributed by atoms with Gasteiger partial charge in [0.1, 0.15) is 11.6 Å². The van der Waals surface area contributed by atoms with Gasteiger partial charge in [0.05, 0.1) is 18.2 Å². The molecule has 1 N–H and O–H groups in total. The molecule has 0 radical (unpaired) electrons. The lowest BCUT2D eigenvalue weighted by Gasteiger charge is -2.20. The third-order valence-corrected chi connectivity index (χ3v) is 4.19. The molecule has 2 rings (SSSR count). The lowest BCUT2D eigenvalue weighted by Crippen LogP contribution is -2.19. The highest BCUT2D eigenvalue weighted by molar-refractivity contribution is 9.10. The Labute approximate surface area is 131 Å². The lowest BCUT2D eigenvalue weighted by atomic mass is 9.98. The van der Waals surface area contributed by atoms with E-state index in [0.717, 1.165) is 15.8 Å². The van der Waals surface area contributed by atoms with Crippen LogP contribution >= 0.6 is 27.5 Å². The second-order valence-corrected chi connectivity index (χ2v) is 5.48. The largest absolute Gasteiger partial charge is 0.497 e. The van der Waals surface area contributed by atoms with Crippen molar-refractivity contribution >= 4 is 27.5 Å². The molecule has 0 bridgehead atoms. The van der Waals surface area contributed by atoms with E-state index in [-0.39, 0.29) is 11.1 Å². The summed E-state index contributed by atoms with van der Waals surface area (Å²) < 4.78 is 19.7. The van der Waals surface area contributed by atoms with Gasteiger partial charge in [0, 0.05) is 4.47 Å². The van der Waals surface area contributed by atoms with E-state index in [0.29, 0.717) is 5.56 Å². The highest BCUT2D eigenvalue weighted by atomic mass is 79.9. The molecule has 0 fully saturated rings. The molecule has 1 atom stereocenters. The van der Waals surface area contributed by atoms with Crippen LogP contribution in [0, 0.1) is 5.82 Å². The summed E-state index contributed by atoms with van der Waals surface area (Å²) in [6.45, 7) is 0. The maximum Gasteiger partial charge on any atom is 0.142 e. The molecule has 0 aliphatic rings. The van der Waals surface area contributed by atoms with Crippen LogP contribution in [0.25, 0.3) is 0 Å². The summed E-state index contributed by atoms with van der Waals surface area (Å²) in [5, 5.41) is 3.29. The van der Waals surface area contributed by atoms with Gasteiger partial charge in [-0.25, -0.2) is 4.39 Å². The number of hydrogen-bond donors (Lipinski definition) is 1. The van der Waals surface area contributed by atoms with Crippen LogP contribution in [-0.2, 0) is 0 Å². The Morgan fingerprint density at radius 1 is 1.25 bits per heavy atom. The molecule has 0 saturated carbocycles. The SMILES string of the molecule is CNC(c1ccc(OC)cc1Br)c1cccc(F)c1Cl. The van der Waals surface area contributed by atoms with E-state index in [9.17, 15) is 4.39 Å². The predicted octanol–water partition coefficient (Wildman–Crippen LogP) is 4.56. The summed E-state index contributed by atoms with van der Waals surface area (Å²) in [6.07, 6.45) is 0. The van der Waals surface area contributed by atoms with E-state index in [1.807, 2.05) is 31.3 Å². The van der Waals surface area contributed by atoms with Gasteiger partial charge in [-0.3, -0.25) is 0 Å². The first-order valence-corrected chi connectivity index (χ1v) is 7.20. The normalized spacial score (nSPS) is 12.2. The van der Waals surface area contributed by atoms with Crippen LogP contribution in [0.3, 0.4) is 0 Å². The number of methoxy groups -OCH3 is 1. The van der Waals surface area contributed by atoms with Gasteiger partial charge in [-0.15, -0.1) is 0 Å². The lowest BCUT2D eigenvalue weighted by molar-refractivity contribution is 0.414. The number of rotatable bonds is 4. The van der Waals surface area contributed by atoms with Crippen molar-refractivity contribution in [3.8, 4) is 5.75 Å². The monoisotopic (exact) mass is 357 g/mol. The third-order valence-electron chi connectivity index (χ3n) is 3.10. The summed E-state index contributed by atoms with van der Waals surface area (Å²) >= 11 is 9.59. The van der Waals surface area contributed by atoms with E-state index in [2.05, 4.69) is 21.2 Å². The molecule has 0 aliphatic heterocycles. The molecule has 106 valence electrons. The molecule has 1 unspecified atom stereocenters. The van der Waals surface area contributed by atoms with Crippen LogP contribution in [0.4, 0.5) is 4.39 Å². The molecule has 0 amide bonds.